The van der Waals surface area contributed by atoms with Crippen molar-refractivity contribution >= 4 is 61.1 Å². The predicted octanol–water partition coefficient (Wildman–Crippen LogP) is 4.63. The number of thiophene rings is 1. The number of hydrogen-bond acceptors (Lipinski definition) is 5. The molecule has 1 aliphatic heterocycles. The largest absolute Gasteiger partial charge is 0.496 e. The third-order valence-electron chi connectivity index (χ3n) is 2.89. The highest BCUT2D eigenvalue weighted by Gasteiger charge is 2.24. The van der Waals surface area contributed by atoms with Crippen molar-refractivity contribution in [3.63, 3.8) is 0 Å². The standard InChI is InChI=1S/C15H9Br2NO3S/c1-20-13-3-2-8(4-11(13)17)14-18-12(15(19)21-14)6-10-5-9(16)7-22-10/h2-7H,1H3. The first-order valence-corrected chi connectivity index (χ1v) is 8.64. The van der Waals surface area contributed by atoms with E-state index in [4.69, 9.17) is 9.47 Å². The first kappa shape index (κ1) is 15.5. The summed E-state index contributed by atoms with van der Waals surface area (Å²) in [5.74, 6) is 0.537. The smallest absolute Gasteiger partial charge is 0.363 e. The molecule has 0 N–H and O–H groups in total. The maximum Gasteiger partial charge on any atom is 0.363 e. The fourth-order valence-corrected chi connectivity index (χ4v) is 3.78. The molecule has 1 aliphatic rings. The van der Waals surface area contributed by atoms with Gasteiger partial charge in [-0.3, -0.25) is 0 Å². The van der Waals surface area contributed by atoms with Crippen LogP contribution >= 0.6 is 43.2 Å². The van der Waals surface area contributed by atoms with Crippen LogP contribution < -0.4 is 4.74 Å². The maximum absolute atomic E-state index is 11.9. The molecule has 0 saturated carbocycles. The van der Waals surface area contributed by atoms with Crippen LogP contribution in [0.25, 0.3) is 6.08 Å². The lowest BCUT2D eigenvalue weighted by Crippen LogP contribution is -2.05. The van der Waals surface area contributed by atoms with E-state index in [9.17, 15) is 4.79 Å². The Morgan fingerprint density at radius 1 is 1.32 bits per heavy atom. The highest BCUT2D eigenvalue weighted by molar-refractivity contribution is 9.10. The third-order valence-corrected chi connectivity index (χ3v) is 5.15. The van der Waals surface area contributed by atoms with Crippen molar-refractivity contribution in [2.24, 2.45) is 4.99 Å². The number of ether oxygens (including phenoxy) is 2. The zero-order valence-electron chi connectivity index (χ0n) is 11.3. The van der Waals surface area contributed by atoms with Crippen LogP contribution in [0.1, 0.15) is 10.4 Å². The van der Waals surface area contributed by atoms with Crippen LogP contribution in [0.3, 0.4) is 0 Å². The van der Waals surface area contributed by atoms with Crippen molar-refractivity contribution in [1.82, 2.24) is 0 Å². The van der Waals surface area contributed by atoms with Gasteiger partial charge in [-0.05, 0) is 62.2 Å². The van der Waals surface area contributed by atoms with Crippen molar-refractivity contribution in [2.75, 3.05) is 7.11 Å². The van der Waals surface area contributed by atoms with Crippen LogP contribution in [0.2, 0.25) is 0 Å². The van der Waals surface area contributed by atoms with Crippen LogP contribution in [0.4, 0.5) is 0 Å². The molecular weight excluding hydrogens is 434 g/mol. The van der Waals surface area contributed by atoms with Gasteiger partial charge in [0.05, 0.1) is 11.6 Å². The summed E-state index contributed by atoms with van der Waals surface area (Å²) in [5, 5.41) is 1.94. The van der Waals surface area contributed by atoms with E-state index in [2.05, 4.69) is 36.9 Å². The van der Waals surface area contributed by atoms with Gasteiger partial charge in [0.25, 0.3) is 0 Å². The molecule has 1 aromatic carbocycles. The van der Waals surface area contributed by atoms with Crippen LogP contribution in [-0.2, 0) is 9.53 Å². The molecule has 0 aliphatic carbocycles. The summed E-state index contributed by atoms with van der Waals surface area (Å²) in [7, 11) is 1.59. The minimum atomic E-state index is -0.452. The number of carbonyl (C=O) groups is 1. The van der Waals surface area contributed by atoms with Crippen molar-refractivity contribution in [3.8, 4) is 5.75 Å². The van der Waals surface area contributed by atoms with Gasteiger partial charge in [0.15, 0.2) is 5.70 Å². The number of methoxy groups -OCH3 is 1. The quantitative estimate of drug-likeness (QED) is 0.514. The van der Waals surface area contributed by atoms with Gasteiger partial charge in [-0.15, -0.1) is 11.3 Å². The maximum atomic E-state index is 11.9. The molecule has 112 valence electrons. The Hall–Kier alpha value is -1.44. The Morgan fingerprint density at radius 2 is 2.14 bits per heavy atom. The minimum Gasteiger partial charge on any atom is -0.496 e. The van der Waals surface area contributed by atoms with Crippen LogP contribution in [-0.4, -0.2) is 19.0 Å². The van der Waals surface area contributed by atoms with Gasteiger partial charge < -0.3 is 9.47 Å². The molecule has 0 unspecified atom stereocenters. The van der Waals surface area contributed by atoms with Crippen molar-refractivity contribution in [2.45, 2.75) is 0 Å². The molecule has 0 amide bonds. The van der Waals surface area contributed by atoms with Crippen molar-refractivity contribution in [1.29, 1.82) is 0 Å². The summed E-state index contributed by atoms with van der Waals surface area (Å²) in [6.45, 7) is 0. The lowest BCUT2D eigenvalue weighted by molar-refractivity contribution is -0.129. The van der Waals surface area contributed by atoms with E-state index in [1.807, 2.05) is 11.4 Å². The van der Waals surface area contributed by atoms with Gasteiger partial charge in [-0.2, -0.15) is 0 Å². The molecule has 1 aromatic heterocycles. The lowest BCUT2D eigenvalue weighted by Gasteiger charge is -2.05. The molecule has 7 heteroatoms. The number of cyclic esters (lactones) is 1. The molecule has 0 radical (unpaired) electrons. The third kappa shape index (κ3) is 3.16. The molecule has 0 spiro atoms. The van der Waals surface area contributed by atoms with Gasteiger partial charge >= 0.3 is 5.97 Å². The van der Waals surface area contributed by atoms with Gasteiger partial charge in [-0.25, -0.2) is 9.79 Å². The minimum absolute atomic E-state index is 0.287. The van der Waals surface area contributed by atoms with Crippen LogP contribution in [0.15, 0.2) is 49.3 Å². The zero-order chi connectivity index (χ0) is 15.7. The molecule has 3 rings (SSSR count). The average Bonchev–Trinajstić information content (AvgIpc) is 3.06. The highest BCUT2D eigenvalue weighted by atomic mass is 79.9. The number of hydrogen-bond donors (Lipinski definition) is 0. The molecule has 2 aromatic rings. The zero-order valence-corrected chi connectivity index (χ0v) is 15.3. The predicted molar refractivity (Wildman–Crippen MR) is 93.3 cm³/mol. The Bertz CT molecular complexity index is 811. The monoisotopic (exact) mass is 441 g/mol. The summed E-state index contributed by atoms with van der Waals surface area (Å²) in [6, 6.07) is 7.30. The Kier molecular flexibility index (Phi) is 4.46. The topological polar surface area (TPSA) is 47.9 Å². The number of rotatable bonds is 3. The lowest BCUT2D eigenvalue weighted by atomic mass is 10.2. The van der Waals surface area contributed by atoms with Gasteiger partial charge in [0.1, 0.15) is 5.75 Å². The molecule has 0 fully saturated rings. The summed E-state index contributed by atoms with van der Waals surface area (Å²) in [6.07, 6.45) is 1.71. The number of aliphatic imine (C=N–C) groups is 1. The second-order valence-corrected chi connectivity index (χ2v) is 7.07. The van der Waals surface area contributed by atoms with E-state index in [-0.39, 0.29) is 11.6 Å². The first-order valence-electron chi connectivity index (χ1n) is 6.17. The number of halogens is 2. The Balaban J connectivity index is 1.93. The van der Waals surface area contributed by atoms with E-state index in [0.717, 1.165) is 13.8 Å². The van der Waals surface area contributed by atoms with Crippen LogP contribution in [0.5, 0.6) is 5.75 Å². The molecule has 0 saturated heterocycles. The second kappa shape index (κ2) is 6.36. The molecule has 22 heavy (non-hydrogen) atoms. The molecular formula is C15H9Br2NO3S. The normalized spacial score (nSPS) is 15.9. The second-order valence-electron chi connectivity index (χ2n) is 4.35. The number of esters is 1. The fourth-order valence-electron chi connectivity index (χ4n) is 1.87. The van der Waals surface area contributed by atoms with E-state index < -0.39 is 5.97 Å². The number of nitrogens with zero attached hydrogens (tertiary/aromatic N) is 1. The van der Waals surface area contributed by atoms with E-state index in [1.165, 1.54) is 11.3 Å². The summed E-state index contributed by atoms with van der Waals surface area (Å²) in [5.41, 5.74) is 0.994. The summed E-state index contributed by atoms with van der Waals surface area (Å²) in [4.78, 5) is 17.1. The molecule has 0 bridgehead atoms. The Labute approximate surface area is 147 Å². The molecule has 0 atom stereocenters. The van der Waals surface area contributed by atoms with Crippen LogP contribution in [0, 0.1) is 0 Å². The summed E-state index contributed by atoms with van der Waals surface area (Å²) < 4.78 is 12.2. The van der Waals surface area contributed by atoms with E-state index >= 15 is 0 Å². The number of benzene rings is 1. The van der Waals surface area contributed by atoms with E-state index in [0.29, 0.717) is 11.3 Å². The molecule has 2 heterocycles. The average molecular weight is 443 g/mol. The highest BCUT2D eigenvalue weighted by Crippen LogP contribution is 2.28. The number of carbonyl (C=O) groups excluding carboxylic acids is 1. The SMILES string of the molecule is COc1ccc(C2=NC(=Cc3cc(Br)cs3)C(=O)O2)cc1Br. The first-order chi connectivity index (χ1) is 10.6. The van der Waals surface area contributed by atoms with E-state index in [1.54, 1.807) is 31.4 Å². The van der Waals surface area contributed by atoms with Gasteiger partial charge in [0, 0.05) is 20.3 Å². The van der Waals surface area contributed by atoms with Gasteiger partial charge in [-0.1, -0.05) is 0 Å². The van der Waals surface area contributed by atoms with Crippen molar-refractivity contribution < 1.29 is 14.3 Å². The fraction of sp³-hybridized carbons (Fsp3) is 0.0667. The van der Waals surface area contributed by atoms with Crippen molar-refractivity contribution in [3.05, 3.63) is 54.7 Å². The Morgan fingerprint density at radius 3 is 2.77 bits per heavy atom. The van der Waals surface area contributed by atoms with Gasteiger partial charge in [0.2, 0.25) is 5.90 Å². The molecule has 4 nitrogen and oxygen atoms in total. The summed E-state index contributed by atoms with van der Waals surface area (Å²) >= 11 is 8.30.